The Balaban J connectivity index is 1.02. The molecule has 3 fully saturated rings. The van der Waals surface area contributed by atoms with Crippen LogP contribution in [0.4, 0.5) is 10.4 Å². The van der Waals surface area contributed by atoms with Crippen LogP contribution in [0.1, 0.15) is 63.3 Å². The van der Waals surface area contributed by atoms with Crippen molar-refractivity contribution >= 4 is 11.9 Å². The van der Waals surface area contributed by atoms with Gasteiger partial charge in [-0.25, -0.2) is 4.39 Å². The molecule has 0 bridgehead atoms. The smallest absolute Gasteiger partial charge is 0.324 e. The average Bonchev–Trinajstić information content (AvgIpc) is 3.36. The van der Waals surface area contributed by atoms with Crippen LogP contribution in [0.3, 0.4) is 0 Å². The number of amides is 1. The van der Waals surface area contributed by atoms with Gasteiger partial charge in [0.25, 0.3) is 0 Å². The van der Waals surface area contributed by atoms with E-state index in [0.29, 0.717) is 24.1 Å². The summed E-state index contributed by atoms with van der Waals surface area (Å²) in [6, 6.07) is 5.56. The second-order valence-corrected chi connectivity index (χ2v) is 10.4. The van der Waals surface area contributed by atoms with Crippen molar-refractivity contribution < 1.29 is 18.4 Å². The Morgan fingerprint density at radius 1 is 1.24 bits per heavy atom. The zero-order chi connectivity index (χ0) is 23.7. The first-order chi connectivity index (χ1) is 16.5. The van der Waals surface area contributed by atoms with Gasteiger partial charge in [-0.05, 0) is 67.6 Å². The SMILES string of the molecule is CC(C)c1noc(N2CCC([C@H]3C[C@@H]3CCOc3ccc(CC(=O)N4CCC4)cc3F)CC2)n1. The van der Waals surface area contributed by atoms with E-state index in [4.69, 9.17) is 9.26 Å². The number of benzene rings is 1. The maximum absolute atomic E-state index is 14.5. The lowest BCUT2D eigenvalue weighted by Crippen LogP contribution is -2.42. The summed E-state index contributed by atoms with van der Waals surface area (Å²) in [5.74, 6) is 3.17. The van der Waals surface area contributed by atoms with Crippen LogP contribution in [0.25, 0.3) is 0 Å². The van der Waals surface area contributed by atoms with Gasteiger partial charge in [-0.2, -0.15) is 4.98 Å². The largest absolute Gasteiger partial charge is 0.491 e. The van der Waals surface area contributed by atoms with Gasteiger partial charge in [0.05, 0.1) is 13.0 Å². The van der Waals surface area contributed by atoms with Crippen LogP contribution in [0.2, 0.25) is 0 Å². The third kappa shape index (κ3) is 5.20. The number of carbonyl (C=O) groups excluding carboxylic acids is 1. The van der Waals surface area contributed by atoms with Gasteiger partial charge < -0.3 is 19.1 Å². The fraction of sp³-hybridized carbons (Fsp3) is 0.654. The fourth-order valence-electron chi connectivity index (χ4n) is 5.23. The molecule has 2 saturated heterocycles. The molecule has 3 heterocycles. The van der Waals surface area contributed by atoms with Gasteiger partial charge in [-0.1, -0.05) is 25.1 Å². The van der Waals surface area contributed by atoms with Gasteiger partial charge >= 0.3 is 6.01 Å². The topological polar surface area (TPSA) is 71.7 Å². The lowest BCUT2D eigenvalue weighted by atomic mass is 9.90. The molecule has 2 atom stereocenters. The third-order valence-electron chi connectivity index (χ3n) is 7.65. The minimum atomic E-state index is -0.379. The number of piperidine rings is 1. The number of aromatic nitrogens is 2. The summed E-state index contributed by atoms with van der Waals surface area (Å²) in [5, 5.41) is 4.08. The number of nitrogens with zero attached hydrogens (tertiary/aromatic N) is 4. The number of halogens is 1. The van der Waals surface area contributed by atoms with E-state index in [0.717, 1.165) is 69.5 Å². The van der Waals surface area contributed by atoms with Crippen molar-refractivity contribution in [1.29, 1.82) is 0 Å². The molecule has 3 aliphatic rings. The summed E-state index contributed by atoms with van der Waals surface area (Å²) in [4.78, 5) is 20.6. The first kappa shape index (κ1) is 23.1. The van der Waals surface area contributed by atoms with Crippen LogP contribution in [-0.4, -0.2) is 53.7 Å². The van der Waals surface area contributed by atoms with E-state index < -0.39 is 0 Å². The molecule has 1 amide bonds. The van der Waals surface area contributed by atoms with E-state index in [9.17, 15) is 9.18 Å². The van der Waals surface area contributed by atoms with E-state index in [1.54, 1.807) is 12.1 Å². The van der Waals surface area contributed by atoms with Crippen molar-refractivity contribution in [2.45, 2.75) is 58.3 Å². The van der Waals surface area contributed by atoms with Crippen molar-refractivity contribution in [3.05, 3.63) is 35.4 Å². The highest BCUT2D eigenvalue weighted by Crippen LogP contribution is 2.50. The van der Waals surface area contributed by atoms with Gasteiger partial charge in [0, 0.05) is 32.1 Å². The molecule has 2 aliphatic heterocycles. The first-order valence-electron chi connectivity index (χ1n) is 12.8. The van der Waals surface area contributed by atoms with Crippen LogP contribution in [-0.2, 0) is 11.2 Å². The first-order valence-corrected chi connectivity index (χ1v) is 12.8. The molecule has 0 spiro atoms. The number of likely N-dealkylation sites (tertiary alicyclic amines) is 1. The molecule has 34 heavy (non-hydrogen) atoms. The fourth-order valence-corrected chi connectivity index (χ4v) is 5.23. The van der Waals surface area contributed by atoms with Crippen molar-refractivity contribution in [2.24, 2.45) is 17.8 Å². The monoisotopic (exact) mass is 470 g/mol. The van der Waals surface area contributed by atoms with Crippen LogP contribution in [0.5, 0.6) is 5.75 Å². The molecule has 5 rings (SSSR count). The lowest BCUT2D eigenvalue weighted by molar-refractivity contribution is -0.133. The van der Waals surface area contributed by atoms with Crippen LogP contribution in [0.15, 0.2) is 22.7 Å². The predicted octanol–water partition coefficient (Wildman–Crippen LogP) is 4.43. The van der Waals surface area contributed by atoms with Crippen molar-refractivity contribution in [2.75, 3.05) is 37.7 Å². The highest BCUT2D eigenvalue weighted by atomic mass is 19.1. The van der Waals surface area contributed by atoms with Crippen molar-refractivity contribution in [3.63, 3.8) is 0 Å². The Bertz CT molecular complexity index is 998. The Morgan fingerprint density at radius 2 is 2.03 bits per heavy atom. The van der Waals surface area contributed by atoms with Gasteiger partial charge in [-0.15, -0.1) is 0 Å². The molecule has 0 radical (unpaired) electrons. The number of hydrogen-bond donors (Lipinski definition) is 0. The van der Waals surface area contributed by atoms with Crippen molar-refractivity contribution in [1.82, 2.24) is 15.0 Å². The van der Waals surface area contributed by atoms with Gasteiger partial charge in [0.1, 0.15) is 0 Å². The van der Waals surface area contributed by atoms with E-state index in [2.05, 4.69) is 28.9 Å². The second kappa shape index (κ2) is 9.92. The minimum absolute atomic E-state index is 0.0716. The summed E-state index contributed by atoms with van der Waals surface area (Å²) in [6.45, 7) is 8.23. The molecule has 1 aliphatic carbocycles. The molecule has 1 aromatic heterocycles. The average molecular weight is 471 g/mol. The number of anilines is 1. The second-order valence-electron chi connectivity index (χ2n) is 10.4. The molecule has 8 heteroatoms. The van der Waals surface area contributed by atoms with E-state index >= 15 is 0 Å². The number of ether oxygens (including phenoxy) is 1. The highest BCUT2D eigenvalue weighted by Gasteiger charge is 2.43. The van der Waals surface area contributed by atoms with E-state index in [-0.39, 0.29) is 29.8 Å². The molecular weight excluding hydrogens is 435 g/mol. The molecule has 7 nitrogen and oxygen atoms in total. The highest BCUT2D eigenvalue weighted by molar-refractivity contribution is 5.79. The lowest BCUT2D eigenvalue weighted by Gasteiger charge is -2.31. The van der Waals surface area contributed by atoms with E-state index in [1.807, 2.05) is 4.90 Å². The summed E-state index contributed by atoms with van der Waals surface area (Å²) < 4.78 is 25.7. The summed E-state index contributed by atoms with van der Waals surface area (Å²) in [6.07, 6.45) is 5.81. The van der Waals surface area contributed by atoms with E-state index in [1.165, 1.54) is 12.5 Å². The normalized spacial score (nSPS) is 22.7. The van der Waals surface area contributed by atoms with Gasteiger partial charge in [-0.3, -0.25) is 4.79 Å². The van der Waals surface area contributed by atoms with Crippen molar-refractivity contribution in [3.8, 4) is 5.75 Å². The Morgan fingerprint density at radius 3 is 2.68 bits per heavy atom. The Kier molecular flexibility index (Phi) is 6.75. The summed E-state index contributed by atoms with van der Waals surface area (Å²) in [5.41, 5.74) is 0.705. The molecule has 0 N–H and O–H groups in total. The molecule has 0 unspecified atom stereocenters. The van der Waals surface area contributed by atoms with Crippen LogP contribution >= 0.6 is 0 Å². The minimum Gasteiger partial charge on any atom is -0.491 e. The molecular formula is C26H35FN4O3. The standard InChI is InChI=1S/C26H35FN4O3/c1-17(2)25-28-26(34-29-25)31-11-6-19(7-12-31)21-16-20(21)8-13-33-23-5-4-18(14-22(23)27)15-24(32)30-9-3-10-30/h4-5,14,17,19-21H,3,6-13,15-16H2,1-2H3/t20-,21+/m0/s1. The maximum atomic E-state index is 14.5. The molecule has 2 aromatic rings. The quantitative estimate of drug-likeness (QED) is 0.540. The summed E-state index contributed by atoms with van der Waals surface area (Å²) >= 11 is 0. The maximum Gasteiger partial charge on any atom is 0.324 e. The predicted molar refractivity (Wildman–Crippen MR) is 126 cm³/mol. The molecule has 1 aromatic carbocycles. The Labute approximate surface area is 200 Å². The zero-order valence-electron chi connectivity index (χ0n) is 20.2. The third-order valence-corrected chi connectivity index (χ3v) is 7.65. The zero-order valence-corrected chi connectivity index (χ0v) is 20.2. The number of hydrogen-bond acceptors (Lipinski definition) is 6. The van der Waals surface area contributed by atoms with Crippen LogP contribution < -0.4 is 9.64 Å². The number of carbonyl (C=O) groups is 1. The molecule has 184 valence electrons. The van der Waals surface area contributed by atoms with Gasteiger partial charge in [0.15, 0.2) is 17.4 Å². The summed E-state index contributed by atoms with van der Waals surface area (Å²) in [7, 11) is 0. The van der Waals surface area contributed by atoms with Crippen LogP contribution in [0, 0.1) is 23.6 Å². The Hall–Kier alpha value is -2.64. The van der Waals surface area contributed by atoms with Gasteiger partial charge in [0.2, 0.25) is 5.91 Å². The molecule has 1 saturated carbocycles. The number of rotatable bonds is 9.